The van der Waals surface area contributed by atoms with Crippen LogP contribution >= 0.6 is 23.2 Å². The van der Waals surface area contributed by atoms with E-state index in [0.29, 0.717) is 40.1 Å². The Labute approximate surface area is 309 Å². The molecule has 2 aromatic heterocycles. The highest BCUT2D eigenvalue weighted by molar-refractivity contribution is 6.39. The number of nitrogens with zero attached hydrogens (tertiary/aromatic N) is 5. The fourth-order valence-electron chi connectivity index (χ4n) is 7.58. The number of hydrogen-bond donors (Lipinski definition) is 2. The Hall–Kier alpha value is -4.22. The molecule has 2 aromatic carbocycles. The second-order valence-corrected chi connectivity index (χ2v) is 14.7. The molecule has 3 saturated heterocycles. The van der Waals surface area contributed by atoms with E-state index in [1.165, 1.54) is 0 Å². The Bertz CT molecular complexity index is 1990. The summed E-state index contributed by atoms with van der Waals surface area (Å²) in [5, 5.41) is 7.90. The normalized spacial score (nSPS) is 18.0. The summed E-state index contributed by atoms with van der Waals surface area (Å²) >= 11 is 14.3. The lowest BCUT2D eigenvalue weighted by atomic mass is 9.72. The average Bonchev–Trinajstić information content (AvgIpc) is 3.50. The number of carbonyl (C=O) groups is 1. The highest BCUT2D eigenvalue weighted by Crippen LogP contribution is 2.44. The second-order valence-electron chi connectivity index (χ2n) is 14.0. The van der Waals surface area contributed by atoms with E-state index in [-0.39, 0.29) is 11.3 Å². The van der Waals surface area contributed by atoms with E-state index in [1.54, 1.807) is 27.3 Å². The van der Waals surface area contributed by atoms with Crippen molar-refractivity contribution in [3.8, 4) is 45.4 Å². The zero-order chi connectivity index (χ0) is 35.9. The van der Waals surface area contributed by atoms with Crippen LogP contribution in [0, 0.1) is 12.3 Å². The van der Waals surface area contributed by atoms with Gasteiger partial charge < -0.3 is 25.0 Å². The number of ether oxygens (including phenoxy) is 2. The molecule has 0 bridgehead atoms. The van der Waals surface area contributed by atoms with Gasteiger partial charge in [0.25, 0.3) is 0 Å². The molecular weight excluding hydrogens is 685 g/mol. The second kappa shape index (κ2) is 14.4. The van der Waals surface area contributed by atoms with Crippen molar-refractivity contribution < 1.29 is 14.3 Å². The number of benzene rings is 2. The van der Waals surface area contributed by atoms with Gasteiger partial charge in [-0.25, -0.2) is 9.97 Å². The van der Waals surface area contributed by atoms with Gasteiger partial charge in [0.2, 0.25) is 17.7 Å². The van der Waals surface area contributed by atoms with E-state index < -0.39 is 0 Å². The smallest absolute Gasteiger partial charge is 0.237 e. The molecule has 7 rings (SSSR count). The van der Waals surface area contributed by atoms with E-state index in [9.17, 15) is 4.79 Å². The summed E-state index contributed by atoms with van der Waals surface area (Å²) in [6, 6.07) is 14.1. The molecule has 4 aromatic rings. The van der Waals surface area contributed by atoms with Crippen molar-refractivity contribution in [2.24, 2.45) is 5.41 Å². The van der Waals surface area contributed by atoms with Gasteiger partial charge in [-0.15, -0.1) is 0 Å². The first-order valence-corrected chi connectivity index (χ1v) is 18.0. The van der Waals surface area contributed by atoms with Crippen LogP contribution in [0.4, 0.5) is 0 Å². The lowest BCUT2D eigenvalue weighted by Crippen LogP contribution is -2.72. The average molecular weight is 729 g/mol. The number of aryl methyl sites for hydroxylation is 1. The number of allylic oxidation sites excluding steroid dienone is 1. The van der Waals surface area contributed by atoms with Crippen LogP contribution in [0.25, 0.3) is 33.6 Å². The molecular formula is C39H43Cl2N7O3. The number of halogens is 2. The van der Waals surface area contributed by atoms with Crippen molar-refractivity contribution in [3.63, 3.8) is 0 Å². The summed E-state index contributed by atoms with van der Waals surface area (Å²) in [6.07, 6.45) is 3.80. The van der Waals surface area contributed by atoms with Crippen molar-refractivity contribution >= 4 is 29.1 Å². The summed E-state index contributed by atoms with van der Waals surface area (Å²) in [6.45, 7) is 13.4. The van der Waals surface area contributed by atoms with Crippen LogP contribution < -0.4 is 20.1 Å². The first kappa shape index (κ1) is 35.2. The number of rotatable bonds is 11. The number of nitrogens with one attached hydrogen (secondary N) is 2. The molecule has 0 saturated carbocycles. The molecule has 1 spiro atoms. The molecule has 3 aliphatic rings. The maximum Gasteiger partial charge on any atom is 0.237 e. The van der Waals surface area contributed by atoms with Crippen LogP contribution in [0.15, 0.2) is 60.9 Å². The largest absolute Gasteiger partial charge is 0.481 e. The number of methoxy groups -OCH3 is 2. The monoisotopic (exact) mass is 727 g/mol. The highest BCUT2D eigenvalue weighted by atomic mass is 35.5. The van der Waals surface area contributed by atoms with Gasteiger partial charge in [0, 0.05) is 97.7 Å². The summed E-state index contributed by atoms with van der Waals surface area (Å²) in [7, 11) is 3.25. The van der Waals surface area contributed by atoms with E-state index in [2.05, 4.69) is 35.1 Å². The minimum absolute atomic E-state index is 0.151. The molecule has 51 heavy (non-hydrogen) atoms. The summed E-state index contributed by atoms with van der Waals surface area (Å²) < 4.78 is 11.5. The molecule has 0 radical (unpaired) electrons. The van der Waals surface area contributed by atoms with Crippen LogP contribution in [0.3, 0.4) is 0 Å². The van der Waals surface area contributed by atoms with Gasteiger partial charge in [-0.2, -0.15) is 0 Å². The molecule has 10 nitrogen and oxygen atoms in total. The molecule has 3 aliphatic heterocycles. The third-order valence-corrected chi connectivity index (χ3v) is 11.0. The van der Waals surface area contributed by atoms with Gasteiger partial charge in [-0.05, 0) is 31.4 Å². The van der Waals surface area contributed by atoms with Gasteiger partial charge in [0.1, 0.15) is 5.69 Å². The van der Waals surface area contributed by atoms with Gasteiger partial charge in [-0.1, -0.05) is 66.2 Å². The van der Waals surface area contributed by atoms with Crippen molar-refractivity contribution in [1.82, 2.24) is 35.4 Å². The van der Waals surface area contributed by atoms with Crippen LogP contribution in [0.2, 0.25) is 10.0 Å². The number of carbonyl (C=O) groups excluding carboxylic acids is 1. The van der Waals surface area contributed by atoms with Gasteiger partial charge >= 0.3 is 0 Å². The standard InChI is InChI=1S/C39H43Cl2N7O3/c1-23-14-32(45-37(50-4)31(23)18-47-19-39(20-47)21-48(22-39)25(3)49)29-10-6-8-27(35(29)40)28-9-7-11-30(36(28)41)33-17-43-34(38(46-33)51-5)16-42-15-26-13-12-24(2)44-26/h6-11,14,17,26,42,44H,2,12-13,15-16,18-22H2,1,3-5H3/t26-/m0/s1. The van der Waals surface area contributed by atoms with Crippen LogP contribution in [0.1, 0.15) is 36.6 Å². The zero-order valence-corrected chi connectivity index (χ0v) is 31.0. The zero-order valence-electron chi connectivity index (χ0n) is 29.5. The fourth-order valence-corrected chi connectivity index (χ4v) is 8.23. The van der Waals surface area contributed by atoms with Crippen molar-refractivity contribution in [2.45, 2.75) is 45.8 Å². The summed E-state index contributed by atoms with van der Waals surface area (Å²) in [5.74, 6) is 1.18. The Morgan fingerprint density at radius 1 is 0.980 bits per heavy atom. The van der Waals surface area contributed by atoms with E-state index >= 15 is 0 Å². The van der Waals surface area contributed by atoms with Gasteiger partial charge in [0.05, 0.1) is 41.8 Å². The number of hydrogen-bond acceptors (Lipinski definition) is 9. The fraction of sp³-hybridized carbons (Fsp3) is 0.385. The Kier molecular flexibility index (Phi) is 9.95. The molecule has 2 N–H and O–H groups in total. The SMILES string of the molecule is C=C1CC[C@@H](CNCc2ncc(-c3cccc(-c4cccc(-c5cc(C)c(CN6CC7(C6)CN(C(C)=O)C7)c(OC)n5)c4Cl)c3Cl)nc2OC)N1. The first-order valence-electron chi connectivity index (χ1n) is 17.2. The van der Waals surface area contributed by atoms with E-state index in [4.69, 9.17) is 47.6 Å². The van der Waals surface area contributed by atoms with Crippen LogP contribution in [-0.4, -0.2) is 83.6 Å². The molecule has 0 aliphatic carbocycles. The summed E-state index contributed by atoms with van der Waals surface area (Å²) in [5.41, 5.74) is 8.53. The van der Waals surface area contributed by atoms with Gasteiger partial charge in [-0.3, -0.25) is 14.7 Å². The lowest BCUT2D eigenvalue weighted by Gasteiger charge is -2.60. The predicted octanol–water partition coefficient (Wildman–Crippen LogP) is 6.52. The minimum atomic E-state index is 0.151. The lowest BCUT2D eigenvalue weighted by molar-refractivity contribution is -0.157. The molecule has 1 atom stereocenters. The Morgan fingerprint density at radius 3 is 2.22 bits per heavy atom. The highest BCUT2D eigenvalue weighted by Gasteiger charge is 2.52. The molecule has 1 amide bonds. The minimum Gasteiger partial charge on any atom is -0.481 e. The van der Waals surface area contributed by atoms with Crippen molar-refractivity contribution in [2.75, 3.05) is 46.9 Å². The van der Waals surface area contributed by atoms with Crippen molar-refractivity contribution in [1.29, 1.82) is 0 Å². The van der Waals surface area contributed by atoms with Crippen molar-refractivity contribution in [3.05, 3.63) is 87.8 Å². The molecule has 12 heteroatoms. The third-order valence-electron chi connectivity index (χ3n) is 10.2. The Morgan fingerprint density at radius 2 is 1.61 bits per heavy atom. The Balaban J connectivity index is 1.10. The van der Waals surface area contributed by atoms with E-state index in [0.717, 1.165) is 103 Å². The number of pyridine rings is 1. The topological polar surface area (TPSA) is 105 Å². The maximum atomic E-state index is 11.7. The van der Waals surface area contributed by atoms with E-state index in [1.807, 2.05) is 41.3 Å². The number of likely N-dealkylation sites (tertiary alicyclic amines) is 2. The number of amides is 1. The molecule has 0 unspecified atom stereocenters. The third kappa shape index (κ3) is 7.02. The van der Waals surface area contributed by atoms with Gasteiger partial charge in [0.15, 0.2) is 0 Å². The predicted molar refractivity (Wildman–Crippen MR) is 201 cm³/mol. The summed E-state index contributed by atoms with van der Waals surface area (Å²) in [4.78, 5) is 30.4. The number of aromatic nitrogens is 3. The first-order chi connectivity index (χ1) is 24.6. The molecule has 266 valence electrons. The molecule has 5 heterocycles. The quantitative estimate of drug-likeness (QED) is 0.179. The molecule has 3 fully saturated rings. The maximum absolute atomic E-state index is 11.7. The van der Waals surface area contributed by atoms with Crippen LogP contribution in [0.5, 0.6) is 11.8 Å². The van der Waals surface area contributed by atoms with Crippen LogP contribution in [-0.2, 0) is 17.9 Å².